The lowest BCUT2D eigenvalue weighted by atomic mass is 10.1. The van der Waals surface area contributed by atoms with Crippen molar-refractivity contribution in [3.8, 4) is 5.75 Å². The molecule has 2 atom stereocenters. The zero-order chi connectivity index (χ0) is 15.3. The van der Waals surface area contributed by atoms with Gasteiger partial charge in [-0.3, -0.25) is 10.1 Å². The van der Waals surface area contributed by atoms with Crippen LogP contribution in [0.5, 0.6) is 5.75 Å². The van der Waals surface area contributed by atoms with Crippen molar-refractivity contribution in [1.82, 2.24) is 10.6 Å². The number of halogens is 1. The van der Waals surface area contributed by atoms with Crippen LogP contribution in [0.1, 0.15) is 25.5 Å². The van der Waals surface area contributed by atoms with Gasteiger partial charge in [-0.1, -0.05) is 0 Å². The number of ether oxygens (including phenoxy) is 1. The maximum absolute atomic E-state index is 13.2. The number of carbonyl (C=O) groups excluding carboxylic acids is 2. The second kappa shape index (κ2) is 6.85. The predicted molar refractivity (Wildman–Crippen MR) is 71.7 cm³/mol. The van der Waals surface area contributed by atoms with Gasteiger partial charge in [0.25, 0.3) is 5.91 Å². The van der Waals surface area contributed by atoms with E-state index in [2.05, 4.69) is 10.6 Å². The molecule has 4 N–H and O–H groups in total. The van der Waals surface area contributed by atoms with Crippen LogP contribution in [0.25, 0.3) is 0 Å². The quantitative estimate of drug-likeness (QED) is 0.770. The molecule has 1 rings (SSSR count). The fraction of sp³-hybridized carbons (Fsp3) is 0.385. The number of hydrogen-bond donors (Lipinski definition) is 3. The van der Waals surface area contributed by atoms with Crippen molar-refractivity contribution < 1.29 is 18.7 Å². The summed E-state index contributed by atoms with van der Waals surface area (Å²) in [6, 6.07) is 2.79. The van der Waals surface area contributed by atoms with E-state index < -0.39 is 29.9 Å². The van der Waals surface area contributed by atoms with E-state index in [9.17, 15) is 14.0 Å². The van der Waals surface area contributed by atoms with Crippen molar-refractivity contribution >= 4 is 11.9 Å². The third-order valence-corrected chi connectivity index (χ3v) is 2.60. The Morgan fingerprint density at radius 1 is 1.35 bits per heavy atom. The van der Waals surface area contributed by atoms with Crippen molar-refractivity contribution in [3.05, 3.63) is 29.6 Å². The molecule has 0 fully saturated rings. The molecule has 7 heteroatoms. The van der Waals surface area contributed by atoms with Crippen molar-refractivity contribution in [1.29, 1.82) is 0 Å². The van der Waals surface area contributed by atoms with Gasteiger partial charge in [0.05, 0.1) is 0 Å². The molecule has 0 saturated carbocycles. The summed E-state index contributed by atoms with van der Waals surface area (Å²) in [4.78, 5) is 22.7. The fourth-order valence-electron chi connectivity index (χ4n) is 1.50. The van der Waals surface area contributed by atoms with Gasteiger partial charge in [-0.05, 0) is 32.0 Å². The number of urea groups is 1. The second-order valence-electron chi connectivity index (χ2n) is 4.30. The second-order valence-corrected chi connectivity index (χ2v) is 4.30. The van der Waals surface area contributed by atoms with Gasteiger partial charge < -0.3 is 15.8 Å². The maximum Gasteiger partial charge on any atom is 0.321 e. The Hall–Kier alpha value is -2.15. The van der Waals surface area contributed by atoms with Crippen LogP contribution >= 0.6 is 0 Å². The molecule has 0 aromatic heterocycles. The van der Waals surface area contributed by atoms with Gasteiger partial charge in [0.15, 0.2) is 6.10 Å². The van der Waals surface area contributed by atoms with E-state index in [1.807, 2.05) is 0 Å². The summed E-state index contributed by atoms with van der Waals surface area (Å²) in [5.74, 6) is -0.739. The molecule has 110 valence electrons. The van der Waals surface area contributed by atoms with Crippen LogP contribution in [-0.4, -0.2) is 25.1 Å². The van der Waals surface area contributed by atoms with Crippen LogP contribution in [0.15, 0.2) is 18.2 Å². The molecule has 0 heterocycles. The third-order valence-electron chi connectivity index (χ3n) is 2.60. The first-order chi connectivity index (χ1) is 9.35. The largest absolute Gasteiger partial charge is 0.481 e. The summed E-state index contributed by atoms with van der Waals surface area (Å²) < 4.78 is 18.6. The van der Waals surface area contributed by atoms with E-state index in [0.29, 0.717) is 11.3 Å². The summed E-state index contributed by atoms with van der Waals surface area (Å²) in [7, 11) is 1.39. The van der Waals surface area contributed by atoms with Crippen molar-refractivity contribution in [3.63, 3.8) is 0 Å². The molecule has 0 spiro atoms. The van der Waals surface area contributed by atoms with Gasteiger partial charge in [-0.25, -0.2) is 9.18 Å². The van der Waals surface area contributed by atoms with Crippen LogP contribution < -0.4 is 21.1 Å². The molecule has 0 saturated heterocycles. The molecule has 0 aliphatic heterocycles. The van der Waals surface area contributed by atoms with Gasteiger partial charge in [0, 0.05) is 18.7 Å². The van der Waals surface area contributed by atoms with E-state index in [-0.39, 0.29) is 0 Å². The van der Waals surface area contributed by atoms with E-state index in [1.54, 1.807) is 6.92 Å². The summed E-state index contributed by atoms with van der Waals surface area (Å²) in [5, 5.41) is 4.35. The molecule has 2 unspecified atom stereocenters. The zero-order valence-corrected chi connectivity index (χ0v) is 11.6. The molecule has 1 aromatic carbocycles. The van der Waals surface area contributed by atoms with Gasteiger partial charge in [0.2, 0.25) is 0 Å². The zero-order valence-electron chi connectivity index (χ0n) is 11.6. The number of rotatable bonds is 4. The van der Waals surface area contributed by atoms with Crippen LogP contribution in [0, 0.1) is 5.82 Å². The van der Waals surface area contributed by atoms with Crippen LogP contribution in [0.4, 0.5) is 9.18 Å². The Labute approximate surface area is 116 Å². The first kappa shape index (κ1) is 15.9. The smallest absolute Gasteiger partial charge is 0.321 e. The number of nitrogens with one attached hydrogen (secondary N) is 2. The molecule has 6 nitrogen and oxygen atoms in total. The first-order valence-electron chi connectivity index (χ1n) is 6.09. The Bertz CT molecular complexity index is 506. The van der Waals surface area contributed by atoms with Gasteiger partial charge in [-0.2, -0.15) is 0 Å². The highest BCUT2D eigenvalue weighted by molar-refractivity contribution is 5.96. The van der Waals surface area contributed by atoms with E-state index >= 15 is 0 Å². The lowest BCUT2D eigenvalue weighted by Gasteiger charge is -2.18. The normalized spacial score (nSPS) is 13.2. The highest BCUT2D eigenvalue weighted by atomic mass is 19.1. The highest BCUT2D eigenvalue weighted by Crippen LogP contribution is 2.25. The van der Waals surface area contributed by atoms with E-state index in [4.69, 9.17) is 10.5 Å². The Balaban J connectivity index is 2.82. The Morgan fingerprint density at radius 3 is 2.55 bits per heavy atom. The average Bonchev–Trinajstić information content (AvgIpc) is 2.40. The SMILES string of the molecule is CNC(=O)NC(=O)C(C)Oc1ccc(F)cc1C(C)N. The van der Waals surface area contributed by atoms with Crippen molar-refractivity contribution in [2.24, 2.45) is 5.73 Å². The highest BCUT2D eigenvalue weighted by Gasteiger charge is 2.19. The topological polar surface area (TPSA) is 93.5 Å². The Morgan fingerprint density at radius 2 is 2.00 bits per heavy atom. The molecule has 3 amide bonds. The summed E-state index contributed by atoms with van der Waals surface area (Å²) in [5.41, 5.74) is 6.17. The monoisotopic (exact) mass is 283 g/mol. The van der Waals surface area contributed by atoms with Gasteiger partial charge in [-0.15, -0.1) is 0 Å². The van der Waals surface area contributed by atoms with Crippen LogP contribution in [0.2, 0.25) is 0 Å². The van der Waals surface area contributed by atoms with Crippen LogP contribution in [-0.2, 0) is 4.79 Å². The standard InChI is InChI=1S/C13H18FN3O3/c1-7(15)10-6-9(14)4-5-11(10)20-8(2)12(18)17-13(19)16-3/h4-8H,15H2,1-3H3,(H2,16,17,18,19). The fourth-order valence-corrected chi connectivity index (χ4v) is 1.50. The third kappa shape index (κ3) is 4.20. The molecular formula is C13H18FN3O3. The average molecular weight is 283 g/mol. The number of imide groups is 1. The number of amides is 3. The minimum Gasteiger partial charge on any atom is -0.481 e. The maximum atomic E-state index is 13.2. The summed E-state index contributed by atoms with van der Waals surface area (Å²) >= 11 is 0. The lowest BCUT2D eigenvalue weighted by Crippen LogP contribution is -2.44. The van der Waals surface area contributed by atoms with Crippen molar-refractivity contribution in [2.75, 3.05) is 7.05 Å². The number of hydrogen-bond acceptors (Lipinski definition) is 4. The van der Waals surface area contributed by atoms with E-state index in [1.165, 1.54) is 32.2 Å². The molecule has 0 radical (unpaired) electrons. The minimum atomic E-state index is -0.921. The summed E-state index contributed by atoms with van der Waals surface area (Å²) in [6.45, 7) is 3.16. The number of nitrogens with two attached hydrogens (primary N) is 1. The predicted octanol–water partition coefficient (Wildman–Crippen LogP) is 1.07. The minimum absolute atomic E-state index is 0.306. The molecular weight excluding hydrogens is 265 g/mol. The van der Waals surface area contributed by atoms with Gasteiger partial charge in [0.1, 0.15) is 11.6 Å². The first-order valence-corrected chi connectivity index (χ1v) is 6.09. The van der Waals surface area contributed by atoms with E-state index in [0.717, 1.165) is 0 Å². The van der Waals surface area contributed by atoms with Crippen LogP contribution in [0.3, 0.4) is 0 Å². The Kier molecular flexibility index (Phi) is 5.45. The van der Waals surface area contributed by atoms with Gasteiger partial charge >= 0.3 is 6.03 Å². The molecule has 0 aliphatic rings. The molecule has 1 aromatic rings. The summed E-state index contributed by atoms with van der Waals surface area (Å²) in [6.07, 6.45) is -0.921. The molecule has 0 bridgehead atoms. The lowest BCUT2D eigenvalue weighted by molar-refractivity contribution is -0.126. The molecule has 0 aliphatic carbocycles. The number of carbonyl (C=O) groups is 2. The molecule has 20 heavy (non-hydrogen) atoms. The number of benzene rings is 1. The van der Waals surface area contributed by atoms with Crippen molar-refractivity contribution in [2.45, 2.75) is 26.0 Å².